The Bertz CT molecular complexity index is 649. The lowest BCUT2D eigenvalue weighted by Crippen LogP contribution is -2.14. The summed E-state index contributed by atoms with van der Waals surface area (Å²) >= 11 is 7.55. The topological polar surface area (TPSA) is 41.1 Å². The van der Waals surface area contributed by atoms with Crippen LogP contribution >= 0.6 is 22.9 Å². The highest BCUT2D eigenvalue weighted by Gasteiger charge is 2.26. The van der Waals surface area contributed by atoms with Crippen LogP contribution in [0.4, 0.5) is 10.7 Å². The second kappa shape index (κ2) is 5.46. The Morgan fingerprint density at radius 2 is 2.00 bits per heavy atom. The van der Waals surface area contributed by atoms with Gasteiger partial charge in [-0.25, -0.2) is 0 Å². The van der Waals surface area contributed by atoms with Crippen molar-refractivity contribution in [2.75, 3.05) is 17.7 Å². The maximum absolute atomic E-state index is 12.5. The molecule has 1 aromatic carbocycles. The minimum absolute atomic E-state index is 0.0453. The van der Waals surface area contributed by atoms with Crippen molar-refractivity contribution in [3.05, 3.63) is 45.3 Å². The van der Waals surface area contributed by atoms with Gasteiger partial charge in [-0.2, -0.15) is 0 Å². The first-order chi connectivity index (χ1) is 9.69. The van der Waals surface area contributed by atoms with Gasteiger partial charge in [-0.05, 0) is 49.1 Å². The maximum atomic E-state index is 12.5. The molecule has 0 fully saturated rings. The van der Waals surface area contributed by atoms with Gasteiger partial charge < -0.3 is 10.6 Å². The van der Waals surface area contributed by atoms with E-state index in [9.17, 15) is 4.79 Å². The Kier molecular flexibility index (Phi) is 3.68. The van der Waals surface area contributed by atoms with Crippen LogP contribution in [-0.4, -0.2) is 13.0 Å². The molecule has 0 saturated carbocycles. The first kappa shape index (κ1) is 13.5. The molecule has 5 heteroatoms. The molecule has 20 heavy (non-hydrogen) atoms. The van der Waals surface area contributed by atoms with Crippen LogP contribution in [-0.2, 0) is 12.8 Å². The molecule has 0 saturated heterocycles. The van der Waals surface area contributed by atoms with Crippen molar-refractivity contribution in [1.82, 2.24) is 0 Å². The van der Waals surface area contributed by atoms with Crippen LogP contribution in [0.25, 0.3) is 0 Å². The average Bonchev–Trinajstić information content (AvgIpc) is 3.00. The van der Waals surface area contributed by atoms with Crippen molar-refractivity contribution in [1.29, 1.82) is 0 Å². The molecule has 3 rings (SSSR count). The molecule has 0 aliphatic heterocycles. The van der Waals surface area contributed by atoms with Gasteiger partial charge in [0.25, 0.3) is 5.91 Å². The van der Waals surface area contributed by atoms with Gasteiger partial charge in [-0.3, -0.25) is 4.79 Å². The summed E-state index contributed by atoms with van der Waals surface area (Å²) in [6.07, 6.45) is 3.23. The summed E-state index contributed by atoms with van der Waals surface area (Å²) in [6.45, 7) is 0. The number of hydrogen-bond acceptors (Lipinski definition) is 3. The molecule has 0 bridgehead atoms. The fraction of sp³-hybridized carbons (Fsp3) is 0.267. The molecule has 1 aliphatic rings. The van der Waals surface area contributed by atoms with E-state index in [2.05, 4.69) is 10.6 Å². The molecule has 1 aliphatic carbocycles. The van der Waals surface area contributed by atoms with E-state index in [1.165, 1.54) is 10.4 Å². The third kappa shape index (κ3) is 2.41. The minimum Gasteiger partial charge on any atom is -0.379 e. The zero-order chi connectivity index (χ0) is 14.1. The number of anilines is 2. The van der Waals surface area contributed by atoms with Gasteiger partial charge in [0.1, 0.15) is 5.00 Å². The van der Waals surface area contributed by atoms with Gasteiger partial charge in [0, 0.05) is 22.6 Å². The van der Waals surface area contributed by atoms with E-state index in [0.717, 1.165) is 35.5 Å². The largest absolute Gasteiger partial charge is 0.379 e. The lowest BCUT2D eigenvalue weighted by molar-refractivity contribution is 0.102. The third-order valence-electron chi connectivity index (χ3n) is 3.48. The Balaban J connectivity index is 1.89. The number of fused-ring (bicyclic) bond motifs is 1. The van der Waals surface area contributed by atoms with Gasteiger partial charge in [0.2, 0.25) is 0 Å². The molecule has 0 atom stereocenters. The number of amides is 1. The first-order valence-corrected chi connectivity index (χ1v) is 7.77. The van der Waals surface area contributed by atoms with E-state index in [-0.39, 0.29) is 5.91 Å². The van der Waals surface area contributed by atoms with Crippen LogP contribution in [0.15, 0.2) is 24.3 Å². The van der Waals surface area contributed by atoms with Gasteiger partial charge >= 0.3 is 0 Å². The van der Waals surface area contributed by atoms with Crippen molar-refractivity contribution < 1.29 is 4.79 Å². The first-order valence-electron chi connectivity index (χ1n) is 6.58. The fourth-order valence-electron chi connectivity index (χ4n) is 2.55. The van der Waals surface area contributed by atoms with Crippen molar-refractivity contribution in [2.45, 2.75) is 19.3 Å². The van der Waals surface area contributed by atoms with Crippen molar-refractivity contribution in [2.24, 2.45) is 0 Å². The number of benzene rings is 1. The quantitative estimate of drug-likeness (QED) is 0.893. The lowest BCUT2D eigenvalue weighted by atomic mass is 10.1. The average molecular weight is 307 g/mol. The second-order valence-electron chi connectivity index (χ2n) is 4.77. The molecule has 1 amide bonds. The molecule has 1 heterocycles. The van der Waals surface area contributed by atoms with Crippen LogP contribution in [0.3, 0.4) is 0 Å². The summed E-state index contributed by atoms with van der Waals surface area (Å²) in [7, 11) is 1.86. The predicted molar refractivity (Wildman–Crippen MR) is 85.3 cm³/mol. The van der Waals surface area contributed by atoms with Crippen molar-refractivity contribution in [3.63, 3.8) is 0 Å². The highest BCUT2D eigenvalue weighted by Crippen LogP contribution is 2.39. The molecular weight excluding hydrogens is 292 g/mol. The zero-order valence-corrected chi connectivity index (χ0v) is 12.7. The lowest BCUT2D eigenvalue weighted by Gasteiger charge is -2.08. The molecule has 3 nitrogen and oxygen atoms in total. The van der Waals surface area contributed by atoms with E-state index in [1.807, 2.05) is 19.2 Å². The summed E-state index contributed by atoms with van der Waals surface area (Å²) in [5, 5.41) is 7.70. The fourth-order valence-corrected chi connectivity index (χ4v) is 3.91. The Morgan fingerprint density at radius 3 is 2.70 bits per heavy atom. The van der Waals surface area contributed by atoms with Crippen molar-refractivity contribution in [3.8, 4) is 0 Å². The zero-order valence-electron chi connectivity index (χ0n) is 11.1. The number of carbonyl (C=O) groups is 1. The smallest absolute Gasteiger partial charge is 0.258 e. The van der Waals surface area contributed by atoms with Crippen LogP contribution in [0.1, 0.15) is 27.2 Å². The number of hydrogen-bond donors (Lipinski definition) is 2. The van der Waals surface area contributed by atoms with E-state index in [4.69, 9.17) is 11.6 Å². The molecule has 2 aromatic rings. The molecule has 0 spiro atoms. The molecule has 0 unspecified atom stereocenters. The number of thiophene rings is 1. The standard InChI is InChI=1S/C15H15ClN2OS/c1-17-15-13(11-3-2-4-12(11)20-15)14(19)18-10-7-5-9(16)6-8-10/h5-8,17H,2-4H2,1H3,(H,18,19). The highest BCUT2D eigenvalue weighted by atomic mass is 35.5. The normalized spacial score (nSPS) is 13.1. The molecule has 1 aromatic heterocycles. The van der Waals surface area contributed by atoms with E-state index in [0.29, 0.717) is 5.02 Å². The number of rotatable bonds is 3. The van der Waals surface area contributed by atoms with Crippen LogP contribution < -0.4 is 10.6 Å². The van der Waals surface area contributed by atoms with E-state index >= 15 is 0 Å². The summed E-state index contributed by atoms with van der Waals surface area (Å²) in [4.78, 5) is 13.9. The number of halogens is 1. The SMILES string of the molecule is CNc1sc2c(c1C(=O)Nc1ccc(Cl)cc1)CCC2. The van der Waals surface area contributed by atoms with Crippen molar-refractivity contribution >= 4 is 39.5 Å². The summed E-state index contributed by atoms with van der Waals surface area (Å²) < 4.78 is 0. The predicted octanol–water partition coefficient (Wildman–Crippen LogP) is 4.18. The van der Waals surface area contributed by atoms with Gasteiger partial charge in [-0.1, -0.05) is 11.6 Å². The second-order valence-corrected chi connectivity index (χ2v) is 6.31. The van der Waals surface area contributed by atoms with Crippen LogP contribution in [0.5, 0.6) is 0 Å². The van der Waals surface area contributed by atoms with Gasteiger partial charge in [0.15, 0.2) is 0 Å². The highest BCUT2D eigenvalue weighted by molar-refractivity contribution is 7.16. The Morgan fingerprint density at radius 1 is 1.25 bits per heavy atom. The van der Waals surface area contributed by atoms with Gasteiger partial charge in [-0.15, -0.1) is 11.3 Å². The number of carbonyl (C=O) groups excluding carboxylic acids is 1. The number of nitrogens with one attached hydrogen (secondary N) is 2. The summed E-state index contributed by atoms with van der Waals surface area (Å²) in [5.41, 5.74) is 2.78. The minimum atomic E-state index is -0.0453. The van der Waals surface area contributed by atoms with Crippen LogP contribution in [0.2, 0.25) is 5.02 Å². The maximum Gasteiger partial charge on any atom is 0.258 e. The summed E-state index contributed by atoms with van der Waals surface area (Å²) in [6, 6.07) is 7.17. The molecule has 104 valence electrons. The Hall–Kier alpha value is -1.52. The van der Waals surface area contributed by atoms with E-state index in [1.54, 1.807) is 23.5 Å². The molecule has 2 N–H and O–H groups in total. The Labute approximate surface area is 127 Å². The van der Waals surface area contributed by atoms with Crippen LogP contribution in [0, 0.1) is 0 Å². The molecular formula is C15H15ClN2OS. The monoisotopic (exact) mass is 306 g/mol. The number of aryl methyl sites for hydroxylation is 1. The third-order valence-corrected chi connectivity index (χ3v) is 5.04. The molecule has 0 radical (unpaired) electrons. The van der Waals surface area contributed by atoms with Gasteiger partial charge in [0.05, 0.1) is 5.56 Å². The summed E-state index contributed by atoms with van der Waals surface area (Å²) in [5.74, 6) is -0.0453. The van der Waals surface area contributed by atoms with E-state index < -0.39 is 0 Å².